The van der Waals surface area contributed by atoms with Crippen LogP contribution in [0.15, 0.2) is 18.2 Å². The molecule has 4 N–H and O–H groups in total. The number of anilines is 1. The molecule has 0 aliphatic heterocycles. The normalized spacial score (nSPS) is 11.6. The smallest absolute Gasteiger partial charge is 0.336 e. The van der Waals surface area contributed by atoms with E-state index in [9.17, 15) is 14.7 Å². The van der Waals surface area contributed by atoms with Crippen LogP contribution < -0.4 is 15.8 Å². The highest BCUT2D eigenvalue weighted by Crippen LogP contribution is 2.22. The van der Waals surface area contributed by atoms with E-state index in [4.69, 9.17) is 10.5 Å². The molecule has 1 amide bonds. The van der Waals surface area contributed by atoms with Crippen molar-refractivity contribution in [3.8, 4) is 5.75 Å². The zero-order valence-corrected chi connectivity index (χ0v) is 11.4. The number of methoxy groups -OCH3 is 1. The minimum Gasteiger partial charge on any atom is -0.492 e. The number of nitrogens with two attached hydrogens (primary N) is 1. The van der Waals surface area contributed by atoms with E-state index in [-0.39, 0.29) is 6.54 Å². The zero-order valence-electron chi connectivity index (χ0n) is 11.4. The van der Waals surface area contributed by atoms with Gasteiger partial charge in [0.1, 0.15) is 5.75 Å². The summed E-state index contributed by atoms with van der Waals surface area (Å²) in [6, 6.07) is 4.59. The summed E-state index contributed by atoms with van der Waals surface area (Å²) in [7, 11) is 1.15. The van der Waals surface area contributed by atoms with Crippen LogP contribution in [0.1, 0.15) is 17.3 Å². The summed E-state index contributed by atoms with van der Waals surface area (Å²) >= 11 is 0. The second-order valence-corrected chi connectivity index (χ2v) is 3.93. The molecule has 0 spiro atoms. The van der Waals surface area contributed by atoms with Gasteiger partial charge in [0.05, 0.1) is 25.9 Å². The van der Waals surface area contributed by atoms with Crippen molar-refractivity contribution in [2.24, 2.45) is 0 Å². The first-order valence-corrected chi connectivity index (χ1v) is 6.06. The van der Waals surface area contributed by atoms with Gasteiger partial charge in [-0.3, -0.25) is 4.79 Å². The van der Waals surface area contributed by atoms with Crippen molar-refractivity contribution in [2.75, 3.05) is 26.0 Å². The monoisotopic (exact) mass is 282 g/mol. The standard InChI is InChI=1S/C13H18N2O5/c1-3-20-11-5-4-8(6-9(11)14)12(17)15-7-10(16)13(18)19-2/h4-6,10,16H,3,7,14H2,1-2H3,(H,15,17). The number of ether oxygens (including phenoxy) is 2. The number of aliphatic hydroxyl groups excluding tert-OH is 1. The van der Waals surface area contributed by atoms with Gasteiger partial charge in [-0.25, -0.2) is 4.79 Å². The van der Waals surface area contributed by atoms with Crippen molar-refractivity contribution in [1.29, 1.82) is 0 Å². The van der Waals surface area contributed by atoms with E-state index in [0.717, 1.165) is 7.11 Å². The quantitative estimate of drug-likeness (QED) is 0.497. The van der Waals surface area contributed by atoms with Gasteiger partial charge in [0.2, 0.25) is 0 Å². The van der Waals surface area contributed by atoms with Crippen molar-refractivity contribution >= 4 is 17.6 Å². The lowest BCUT2D eigenvalue weighted by atomic mass is 10.1. The maximum Gasteiger partial charge on any atom is 0.336 e. The molecule has 0 saturated heterocycles. The topological polar surface area (TPSA) is 111 Å². The molecule has 0 saturated carbocycles. The molecule has 0 aliphatic carbocycles. The number of benzene rings is 1. The molecule has 1 rings (SSSR count). The number of esters is 1. The number of nitrogen functional groups attached to an aromatic ring is 1. The van der Waals surface area contributed by atoms with Gasteiger partial charge in [-0.15, -0.1) is 0 Å². The fourth-order valence-electron chi connectivity index (χ4n) is 1.49. The predicted octanol–water partition coefficient (Wildman–Crippen LogP) is -0.0688. The number of hydrogen-bond acceptors (Lipinski definition) is 6. The summed E-state index contributed by atoms with van der Waals surface area (Å²) in [6.07, 6.45) is -1.40. The summed E-state index contributed by atoms with van der Waals surface area (Å²) in [5.74, 6) is -0.766. The third-order valence-corrected chi connectivity index (χ3v) is 2.50. The van der Waals surface area contributed by atoms with Gasteiger partial charge in [0.15, 0.2) is 6.10 Å². The number of carbonyl (C=O) groups is 2. The van der Waals surface area contributed by atoms with Crippen molar-refractivity contribution in [3.05, 3.63) is 23.8 Å². The summed E-state index contributed by atoms with van der Waals surface area (Å²) in [5, 5.41) is 11.8. The van der Waals surface area contributed by atoms with E-state index in [0.29, 0.717) is 23.6 Å². The molecule has 1 unspecified atom stereocenters. The predicted molar refractivity (Wildman–Crippen MR) is 72.4 cm³/mol. The molecule has 0 aliphatic rings. The Bertz CT molecular complexity index is 490. The molecule has 110 valence electrons. The Labute approximate surface area is 116 Å². The van der Waals surface area contributed by atoms with Crippen LogP contribution in [0.3, 0.4) is 0 Å². The average molecular weight is 282 g/mol. The van der Waals surface area contributed by atoms with E-state index in [2.05, 4.69) is 10.1 Å². The minimum absolute atomic E-state index is 0.237. The third-order valence-electron chi connectivity index (χ3n) is 2.50. The molecule has 0 bridgehead atoms. The van der Waals surface area contributed by atoms with Crippen molar-refractivity contribution < 1.29 is 24.2 Å². The fraction of sp³-hybridized carbons (Fsp3) is 0.385. The van der Waals surface area contributed by atoms with E-state index in [1.165, 1.54) is 6.07 Å². The fourth-order valence-corrected chi connectivity index (χ4v) is 1.49. The zero-order chi connectivity index (χ0) is 15.1. The van der Waals surface area contributed by atoms with Crippen molar-refractivity contribution in [2.45, 2.75) is 13.0 Å². The van der Waals surface area contributed by atoms with Crippen LogP contribution in [-0.2, 0) is 9.53 Å². The Morgan fingerprint density at radius 3 is 2.70 bits per heavy atom. The second-order valence-electron chi connectivity index (χ2n) is 3.93. The van der Waals surface area contributed by atoms with Gasteiger partial charge in [0.25, 0.3) is 5.91 Å². The minimum atomic E-state index is -1.40. The molecule has 1 aromatic carbocycles. The SMILES string of the molecule is CCOc1ccc(C(=O)NCC(O)C(=O)OC)cc1N. The molecule has 0 radical (unpaired) electrons. The highest BCUT2D eigenvalue weighted by molar-refractivity contribution is 5.95. The van der Waals surface area contributed by atoms with Gasteiger partial charge < -0.3 is 25.6 Å². The molecular weight excluding hydrogens is 264 g/mol. The Morgan fingerprint density at radius 2 is 2.15 bits per heavy atom. The van der Waals surface area contributed by atoms with Gasteiger partial charge in [0, 0.05) is 5.56 Å². The summed E-state index contributed by atoms with van der Waals surface area (Å²) in [6.45, 7) is 2.06. The number of aliphatic hydroxyl groups is 1. The first-order chi connectivity index (χ1) is 9.49. The number of hydrogen-bond donors (Lipinski definition) is 3. The third kappa shape index (κ3) is 4.13. The number of nitrogens with one attached hydrogen (secondary N) is 1. The van der Waals surface area contributed by atoms with Gasteiger partial charge >= 0.3 is 5.97 Å². The lowest BCUT2D eigenvalue weighted by Gasteiger charge is -2.11. The molecule has 0 heterocycles. The van der Waals surface area contributed by atoms with Gasteiger partial charge in [-0.1, -0.05) is 0 Å². The lowest BCUT2D eigenvalue weighted by Crippen LogP contribution is -2.37. The molecular formula is C13H18N2O5. The molecule has 20 heavy (non-hydrogen) atoms. The largest absolute Gasteiger partial charge is 0.492 e. The Kier molecular flexibility index (Phi) is 5.79. The Morgan fingerprint density at radius 1 is 1.45 bits per heavy atom. The highest BCUT2D eigenvalue weighted by Gasteiger charge is 2.17. The molecule has 0 aromatic heterocycles. The van der Waals surface area contributed by atoms with Crippen LogP contribution >= 0.6 is 0 Å². The first kappa shape index (κ1) is 15.8. The van der Waals surface area contributed by atoms with Gasteiger partial charge in [-0.05, 0) is 25.1 Å². The lowest BCUT2D eigenvalue weighted by molar-refractivity contribution is -0.149. The average Bonchev–Trinajstić information content (AvgIpc) is 2.45. The molecule has 7 nitrogen and oxygen atoms in total. The second kappa shape index (κ2) is 7.34. The maximum absolute atomic E-state index is 11.8. The maximum atomic E-state index is 11.8. The molecule has 1 atom stereocenters. The van der Waals surface area contributed by atoms with Crippen molar-refractivity contribution in [1.82, 2.24) is 5.32 Å². The van der Waals surface area contributed by atoms with E-state index in [1.807, 2.05) is 6.92 Å². The summed E-state index contributed by atoms with van der Waals surface area (Å²) < 4.78 is 9.59. The molecule has 1 aromatic rings. The Hall–Kier alpha value is -2.28. The van der Waals surface area contributed by atoms with Crippen LogP contribution in [0.2, 0.25) is 0 Å². The van der Waals surface area contributed by atoms with Crippen LogP contribution in [-0.4, -0.2) is 43.3 Å². The van der Waals surface area contributed by atoms with E-state index >= 15 is 0 Å². The molecule has 7 heteroatoms. The Balaban J connectivity index is 2.64. The molecule has 0 fully saturated rings. The van der Waals surface area contributed by atoms with Crippen LogP contribution in [0.4, 0.5) is 5.69 Å². The number of carbonyl (C=O) groups excluding carboxylic acids is 2. The van der Waals surface area contributed by atoms with E-state index in [1.54, 1.807) is 12.1 Å². The van der Waals surface area contributed by atoms with Gasteiger partial charge in [-0.2, -0.15) is 0 Å². The highest BCUT2D eigenvalue weighted by atomic mass is 16.5. The number of rotatable bonds is 6. The van der Waals surface area contributed by atoms with E-state index < -0.39 is 18.0 Å². The summed E-state index contributed by atoms with van der Waals surface area (Å²) in [5.41, 5.74) is 6.39. The number of amides is 1. The van der Waals surface area contributed by atoms with Crippen LogP contribution in [0, 0.1) is 0 Å². The summed E-state index contributed by atoms with van der Waals surface area (Å²) in [4.78, 5) is 22.8. The van der Waals surface area contributed by atoms with Crippen LogP contribution in [0.25, 0.3) is 0 Å². The van der Waals surface area contributed by atoms with Crippen LogP contribution in [0.5, 0.6) is 5.75 Å². The van der Waals surface area contributed by atoms with Crippen molar-refractivity contribution in [3.63, 3.8) is 0 Å². The first-order valence-electron chi connectivity index (χ1n) is 6.06.